The molecule has 0 spiro atoms. The number of hydrogen-bond acceptors (Lipinski definition) is 2. The van der Waals surface area contributed by atoms with Gasteiger partial charge in [0.15, 0.2) is 0 Å². The number of carbonyl (C=O) groups is 1. The first kappa shape index (κ1) is 10.2. The minimum atomic E-state index is -0.332. The minimum absolute atomic E-state index is 0.332. The topological polar surface area (TPSA) is 53.5 Å². The molecule has 0 radical (unpaired) electrons. The Balaban J connectivity index is 2.38. The van der Waals surface area contributed by atoms with E-state index in [0.29, 0.717) is 0 Å². The van der Waals surface area contributed by atoms with Gasteiger partial charge in [-0.15, -0.1) is 0 Å². The lowest BCUT2D eigenvalue weighted by Crippen LogP contribution is -2.23. The first-order valence-corrected chi connectivity index (χ1v) is 4.46. The second-order valence-corrected chi connectivity index (χ2v) is 2.65. The molecule has 0 fully saturated rings. The molecule has 0 aliphatic rings. The third-order valence-corrected chi connectivity index (χ3v) is 1.47. The normalized spacial score (nSPS) is 10.1. The van der Waals surface area contributed by atoms with E-state index in [9.17, 15) is 4.79 Å². The summed E-state index contributed by atoms with van der Waals surface area (Å²) in [5.74, 6) is 0. The van der Waals surface area contributed by atoms with E-state index in [1.165, 1.54) is 0 Å². The average molecular weight is 191 g/mol. The SMILES string of the molecule is CC/C=N\NC(=O)Nc1ccccc1. The van der Waals surface area contributed by atoms with Crippen molar-refractivity contribution in [3.05, 3.63) is 30.3 Å². The first-order chi connectivity index (χ1) is 6.83. The van der Waals surface area contributed by atoms with Crippen LogP contribution in [0.15, 0.2) is 35.4 Å². The molecule has 0 bridgehead atoms. The van der Waals surface area contributed by atoms with Gasteiger partial charge in [0.1, 0.15) is 0 Å². The number of anilines is 1. The second-order valence-electron chi connectivity index (χ2n) is 2.65. The molecule has 0 atom stereocenters. The van der Waals surface area contributed by atoms with E-state index in [4.69, 9.17) is 0 Å². The van der Waals surface area contributed by atoms with Crippen LogP contribution in [-0.4, -0.2) is 12.2 Å². The summed E-state index contributed by atoms with van der Waals surface area (Å²) in [5, 5.41) is 6.34. The van der Waals surface area contributed by atoms with Gasteiger partial charge in [0, 0.05) is 11.9 Å². The van der Waals surface area contributed by atoms with E-state index < -0.39 is 0 Å². The Hall–Kier alpha value is -1.84. The van der Waals surface area contributed by atoms with E-state index in [1.54, 1.807) is 6.21 Å². The standard InChI is InChI=1S/C10H13N3O/c1-2-8-11-13-10(14)12-9-6-4-3-5-7-9/h3-8H,2H2,1H3,(H2,12,13,14)/b11-8-. The number of hydrogen-bond donors (Lipinski definition) is 2. The van der Waals surface area contributed by atoms with Crippen LogP contribution in [0.4, 0.5) is 10.5 Å². The molecule has 14 heavy (non-hydrogen) atoms. The van der Waals surface area contributed by atoms with Gasteiger partial charge in [0.05, 0.1) is 0 Å². The van der Waals surface area contributed by atoms with E-state index >= 15 is 0 Å². The van der Waals surface area contributed by atoms with Crippen molar-refractivity contribution in [3.8, 4) is 0 Å². The Kier molecular flexibility index (Phi) is 4.20. The van der Waals surface area contributed by atoms with Crippen molar-refractivity contribution < 1.29 is 4.79 Å². The third kappa shape index (κ3) is 3.71. The number of para-hydroxylation sites is 1. The molecule has 1 rings (SSSR count). The predicted molar refractivity (Wildman–Crippen MR) is 57.4 cm³/mol. The van der Waals surface area contributed by atoms with E-state index in [0.717, 1.165) is 12.1 Å². The van der Waals surface area contributed by atoms with Crippen LogP contribution in [0, 0.1) is 0 Å². The van der Waals surface area contributed by atoms with Crippen molar-refractivity contribution in [2.75, 3.05) is 5.32 Å². The molecule has 0 aliphatic heterocycles. The molecular weight excluding hydrogens is 178 g/mol. The molecule has 1 aromatic carbocycles. The number of nitrogens with one attached hydrogen (secondary N) is 2. The highest BCUT2D eigenvalue weighted by atomic mass is 16.2. The number of benzene rings is 1. The van der Waals surface area contributed by atoms with Crippen molar-refractivity contribution in [3.63, 3.8) is 0 Å². The molecule has 1 aromatic rings. The summed E-state index contributed by atoms with van der Waals surface area (Å²) in [6.45, 7) is 1.94. The fraction of sp³-hybridized carbons (Fsp3) is 0.200. The number of rotatable bonds is 3. The Morgan fingerprint density at radius 1 is 1.43 bits per heavy atom. The lowest BCUT2D eigenvalue weighted by Gasteiger charge is -2.02. The molecule has 0 heterocycles. The summed E-state index contributed by atoms with van der Waals surface area (Å²) in [5.41, 5.74) is 3.10. The lowest BCUT2D eigenvalue weighted by atomic mass is 10.3. The molecule has 0 aromatic heterocycles. The molecule has 0 aliphatic carbocycles. The van der Waals surface area contributed by atoms with E-state index in [1.807, 2.05) is 37.3 Å². The first-order valence-electron chi connectivity index (χ1n) is 4.46. The molecule has 0 saturated heterocycles. The number of nitrogens with zero attached hydrogens (tertiary/aromatic N) is 1. The lowest BCUT2D eigenvalue weighted by molar-refractivity contribution is 0.252. The zero-order valence-corrected chi connectivity index (χ0v) is 8.03. The molecule has 0 unspecified atom stereocenters. The monoisotopic (exact) mass is 191 g/mol. The van der Waals surface area contributed by atoms with Crippen molar-refractivity contribution in [2.24, 2.45) is 5.10 Å². The highest BCUT2D eigenvalue weighted by Crippen LogP contribution is 2.03. The highest BCUT2D eigenvalue weighted by molar-refractivity contribution is 5.89. The molecule has 74 valence electrons. The Morgan fingerprint density at radius 2 is 2.14 bits per heavy atom. The van der Waals surface area contributed by atoms with Crippen LogP contribution in [0.1, 0.15) is 13.3 Å². The highest BCUT2D eigenvalue weighted by Gasteiger charge is 1.96. The van der Waals surface area contributed by atoms with Gasteiger partial charge in [-0.3, -0.25) is 0 Å². The quantitative estimate of drug-likeness (QED) is 0.558. The van der Waals surface area contributed by atoms with E-state index in [-0.39, 0.29) is 6.03 Å². The summed E-state index contributed by atoms with van der Waals surface area (Å²) in [4.78, 5) is 11.2. The zero-order valence-electron chi connectivity index (χ0n) is 8.03. The van der Waals surface area contributed by atoms with Crippen LogP contribution in [-0.2, 0) is 0 Å². The maximum atomic E-state index is 11.2. The summed E-state index contributed by atoms with van der Waals surface area (Å²) in [7, 11) is 0. The summed E-state index contributed by atoms with van der Waals surface area (Å²) < 4.78 is 0. The number of amides is 2. The maximum absolute atomic E-state index is 11.2. The molecule has 0 saturated carbocycles. The second kappa shape index (κ2) is 5.75. The molecule has 2 amide bonds. The van der Waals surface area contributed by atoms with Crippen molar-refractivity contribution >= 4 is 17.9 Å². The van der Waals surface area contributed by atoms with E-state index in [2.05, 4.69) is 15.8 Å². The van der Waals surface area contributed by atoms with Gasteiger partial charge in [-0.25, -0.2) is 10.2 Å². The van der Waals surface area contributed by atoms with Gasteiger partial charge < -0.3 is 5.32 Å². The maximum Gasteiger partial charge on any atom is 0.339 e. The Labute approximate surface area is 83.0 Å². The summed E-state index contributed by atoms with van der Waals surface area (Å²) in [6, 6.07) is 8.88. The van der Waals surface area contributed by atoms with Crippen LogP contribution < -0.4 is 10.7 Å². The van der Waals surface area contributed by atoms with Gasteiger partial charge in [-0.05, 0) is 18.6 Å². The van der Waals surface area contributed by atoms with Crippen molar-refractivity contribution in [1.82, 2.24) is 5.43 Å². The smallest absolute Gasteiger partial charge is 0.307 e. The summed E-state index contributed by atoms with van der Waals surface area (Å²) in [6.07, 6.45) is 2.43. The Morgan fingerprint density at radius 3 is 2.79 bits per heavy atom. The number of urea groups is 1. The number of hydrazone groups is 1. The molecular formula is C10H13N3O. The summed E-state index contributed by atoms with van der Waals surface area (Å²) >= 11 is 0. The molecule has 4 nitrogen and oxygen atoms in total. The van der Waals surface area contributed by atoms with Gasteiger partial charge in [0.2, 0.25) is 0 Å². The minimum Gasteiger partial charge on any atom is -0.307 e. The number of carbonyl (C=O) groups excluding carboxylic acids is 1. The van der Waals surface area contributed by atoms with Crippen molar-refractivity contribution in [2.45, 2.75) is 13.3 Å². The van der Waals surface area contributed by atoms with Crippen LogP contribution in [0.25, 0.3) is 0 Å². The van der Waals surface area contributed by atoms with Crippen LogP contribution in [0.5, 0.6) is 0 Å². The Bertz CT molecular complexity index is 308. The molecule has 4 heteroatoms. The zero-order chi connectivity index (χ0) is 10.2. The van der Waals surface area contributed by atoms with Crippen molar-refractivity contribution in [1.29, 1.82) is 0 Å². The fourth-order valence-corrected chi connectivity index (χ4v) is 0.876. The average Bonchev–Trinajstić information content (AvgIpc) is 2.20. The third-order valence-electron chi connectivity index (χ3n) is 1.47. The van der Waals surface area contributed by atoms with Gasteiger partial charge in [-0.2, -0.15) is 5.10 Å². The predicted octanol–water partition coefficient (Wildman–Crippen LogP) is 2.20. The fourth-order valence-electron chi connectivity index (χ4n) is 0.876. The van der Waals surface area contributed by atoms with Gasteiger partial charge in [0.25, 0.3) is 0 Å². The van der Waals surface area contributed by atoms with Crippen LogP contribution in [0.2, 0.25) is 0 Å². The largest absolute Gasteiger partial charge is 0.339 e. The van der Waals surface area contributed by atoms with Gasteiger partial charge in [-0.1, -0.05) is 25.1 Å². The molecule has 2 N–H and O–H groups in total. The van der Waals surface area contributed by atoms with Gasteiger partial charge >= 0.3 is 6.03 Å². The van der Waals surface area contributed by atoms with Crippen LogP contribution in [0.3, 0.4) is 0 Å². The van der Waals surface area contributed by atoms with Crippen LogP contribution >= 0.6 is 0 Å².